The van der Waals surface area contributed by atoms with Gasteiger partial charge in [0.2, 0.25) is 0 Å². The summed E-state index contributed by atoms with van der Waals surface area (Å²) in [5, 5.41) is 0. The van der Waals surface area contributed by atoms with Crippen molar-refractivity contribution < 1.29 is 17.9 Å². The number of ether oxygens (including phenoxy) is 1. The molecule has 15 heavy (non-hydrogen) atoms. The largest absolute Gasteiger partial charge is 0.573 e. The molecule has 6 heteroatoms. The Morgan fingerprint density at radius 3 is 2.40 bits per heavy atom. The van der Waals surface area contributed by atoms with Crippen molar-refractivity contribution in [2.24, 2.45) is 0 Å². The van der Waals surface area contributed by atoms with Gasteiger partial charge in [-0.15, -0.1) is 13.2 Å². The Labute approximate surface area is 102 Å². The number of benzene rings is 1. The minimum atomic E-state index is -4.65. The molecule has 0 radical (unpaired) electrons. The Balaban J connectivity index is 2.98. The van der Waals surface area contributed by atoms with Crippen LogP contribution in [0.1, 0.15) is 17.3 Å². The third-order valence-electron chi connectivity index (χ3n) is 1.63. The molecular weight excluding hydrogens is 341 g/mol. The Hall–Kier alpha value is -0.230. The van der Waals surface area contributed by atoms with Gasteiger partial charge in [0.25, 0.3) is 0 Å². The first-order valence-corrected chi connectivity index (χ1v) is 5.70. The van der Waals surface area contributed by atoms with Crippen LogP contribution < -0.4 is 4.74 Å². The van der Waals surface area contributed by atoms with Crippen molar-refractivity contribution in [1.82, 2.24) is 0 Å². The van der Waals surface area contributed by atoms with Crippen LogP contribution >= 0.6 is 31.9 Å². The van der Waals surface area contributed by atoms with Crippen LogP contribution in [-0.2, 0) is 0 Å². The van der Waals surface area contributed by atoms with Crippen LogP contribution in [0.15, 0.2) is 22.7 Å². The van der Waals surface area contributed by atoms with E-state index in [1.165, 1.54) is 18.2 Å². The molecule has 1 unspecified atom stereocenters. The van der Waals surface area contributed by atoms with E-state index < -0.39 is 6.36 Å². The van der Waals surface area contributed by atoms with Gasteiger partial charge >= 0.3 is 6.36 Å². The fraction of sp³-hybridized carbons (Fsp3) is 0.333. The molecule has 0 aromatic heterocycles. The molecule has 84 valence electrons. The lowest BCUT2D eigenvalue weighted by atomic mass is 10.2. The molecule has 1 aromatic rings. The molecule has 1 nitrogen and oxygen atoms in total. The lowest BCUT2D eigenvalue weighted by molar-refractivity contribution is -0.274. The van der Waals surface area contributed by atoms with Crippen molar-refractivity contribution in [3.8, 4) is 5.75 Å². The summed E-state index contributed by atoms with van der Waals surface area (Å²) in [5.74, 6) is -0.216. The molecule has 1 rings (SSSR count). The minimum Gasteiger partial charge on any atom is -0.406 e. The second kappa shape index (κ2) is 4.74. The van der Waals surface area contributed by atoms with Gasteiger partial charge in [-0.3, -0.25) is 0 Å². The van der Waals surface area contributed by atoms with E-state index in [1.54, 1.807) is 0 Å². The first kappa shape index (κ1) is 12.8. The molecule has 0 spiro atoms. The van der Waals surface area contributed by atoms with Gasteiger partial charge in [0.1, 0.15) is 5.75 Å². The van der Waals surface area contributed by atoms with E-state index in [1.807, 2.05) is 6.92 Å². The van der Waals surface area contributed by atoms with Crippen molar-refractivity contribution in [2.45, 2.75) is 18.1 Å². The van der Waals surface area contributed by atoms with Gasteiger partial charge in [0, 0.05) is 9.30 Å². The highest BCUT2D eigenvalue weighted by Crippen LogP contribution is 2.33. The van der Waals surface area contributed by atoms with Crippen molar-refractivity contribution >= 4 is 31.9 Å². The molecular formula is C9H7Br2F3O. The summed E-state index contributed by atoms with van der Waals surface area (Å²) in [5.41, 5.74) is 0.705. The highest BCUT2D eigenvalue weighted by molar-refractivity contribution is 9.11. The second-order valence-corrected chi connectivity index (χ2v) is 5.07. The molecule has 0 aliphatic heterocycles. The predicted octanol–water partition coefficient (Wildman–Crippen LogP) is 4.80. The highest BCUT2D eigenvalue weighted by Gasteiger charge is 2.31. The van der Waals surface area contributed by atoms with Gasteiger partial charge in [-0.2, -0.15) is 0 Å². The SMILES string of the molecule is CC(Br)c1cc(OC(F)(F)F)ccc1Br. The Morgan fingerprint density at radius 2 is 1.93 bits per heavy atom. The molecule has 0 N–H and O–H groups in total. The van der Waals surface area contributed by atoms with E-state index in [0.717, 1.165) is 4.47 Å². The van der Waals surface area contributed by atoms with Crippen molar-refractivity contribution in [2.75, 3.05) is 0 Å². The molecule has 0 amide bonds. The van der Waals surface area contributed by atoms with Crippen molar-refractivity contribution in [3.05, 3.63) is 28.2 Å². The molecule has 1 atom stereocenters. The summed E-state index contributed by atoms with van der Waals surface area (Å²) in [7, 11) is 0. The standard InChI is InChI=1S/C9H7Br2F3O/c1-5(10)7-4-6(2-3-8(7)11)15-9(12,13)14/h2-5H,1H3. The second-order valence-electron chi connectivity index (χ2n) is 2.85. The summed E-state index contributed by atoms with van der Waals surface area (Å²) in [6.45, 7) is 1.82. The number of hydrogen-bond donors (Lipinski definition) is 0. The average molecular weight is 348 g/mol. The van der Waals surface area contributed by atoms with Crippen LogP contribution in [0.25, 0.3) is 0 Å². The van der Waals surface area contributed by atoms with E-state index in [4.69, 9.17) is 0 Å². The summed E-state index contributed by atoms with van der Waals surface area (Å²) in [6.07, 6.45) is -4.65. The zero-order valence-electron chi connectivity index (χ0n) is 7.61. The molecule has 0 aliphatic rings. The summed E-state index contributed by atoms with van der Waals surface area (Å²) < 4.78 is 40.3. The zero-order chi connectivity index (χ0) is 11.6. The minimum absolute atomic E-state index is 0.0522. The summed E-state index contributed by atoms with van der Waals surface area (Å²) in [4.78, 5) is -0.0522. The van der Waals surface area contributed by atoms with Gasteiger partial charge in [-0.05, 0) is 30.7 Å². The number of hydrogen-bond acceptors (Lipinski definition) is 1. The van der Waals surface area contributed by atoms with E-state index in [0.29, 0.717) is 5.56 Å². The quantitative estimate of drug-likeness (QED) is 0.698. The van der Waals surface area contributed by atoms with Gasteiger partial charge < -0.3 is 4.74 Å². The van der Waals surface area contributed by atoms with Crippen molar-refractivity contribution in [3.63, 3.8) is 0 Å². The third-order valence-corrected chi connectivity index (χ3v) is 2.85. The van der Waals surface area contributed by atoms with E-state index >= 15 is 0 Å². The van der Waals surface area contributed by atoms with Crippen LogP contribution in [0, 0.1) is 0 Å². The summed E-state index contributed by atoms with van der Waals surface area (Å²) >= 11 is 6.52. The molecule has 1 aromatic carbocycles. The first-order valence-electron chi connectivity index (χ1n) is 3.99. The third kappa shape index (κ3) is 4.03. The van der Waals surface area contributed by atoms with Crippen molar-refractivity contribution in [1.29, 1.82) is 0 Å². The maximum Gasteiger partial charge on any atom is 0.573 e. The lowest BCUT2D eigenvalue weighted by Crippen LogP contribution is -2.17. The maximum absolute atomic E-state index is 11.9. The number of halogens is 5. The van der Waals surface area contributed by atoms with Gasteiger partial charge in [0.05, 0.1) is 0 Å². The molecule has 0 saturated heterocycles. The predicted molar refractivity (Wildman–Crippen MR) is 58.2 cm³/mol. The van der Waals surface area contributed by atoms with E-state index in [2.05, 4.69) is 36.6 Å². The van der Waals surface area contributed by atoms with Crippen LogP contribution in [0.5, 0.6) is 5.75 Å². The highest BCUT2D eigenvalue weighted by atomic mass is 79.9. The topological polar surface area (TPSA) is 9.23 Å². The van der Waals surface area contributed by atoms with E-state index in [9.17, 15) is 13.2 Å². The van der Waals surface area contributed by atoms with Gasteiger partial charge in [-0.25, -0.2) is 0 Å². The molecule has 0 heterocycles. The Bertz CT molecular complexity index is 350. The smallest absolute Gasteiger partial charge is 0.406 e. The Kier molecular flexibility index (Phi) is 4.06. The van der Waals surface area contributed by atoms with E-state index in [-0.39, 0.29) is 10.6 Å². The zero-order valence-corrected chi connectivity index (χ0v) is 10.8. The first-order chi connectivity index (χ1) is 6.79. The molecule has 0 fully saturated rings. The molecule has 0 saturated carbocycles. The van der Waals surface area contributed by atoms with Crippen LogP contribution in [0.4, 0.5) is 13.2 Å². The lowest BCUT2D eigenvalue weighted by Gasteiger charge is -2.12. The molecule has 0 aliphatic carbocycles. The Morgan fingerprint density at radius 1 is 1.33 bits per heavy atom. The fourth-order valence-corrected chi connectivity index (χ4v) is 2.30. The fourth-order valence-electron chi connectivity index (χ4n) is 1.02. The number of alkyl halides is 4. The van der Waals surface area contributed by atoms with Crippen LogP contribution in [0.2, 0.25) is 0 Å². The average Bonchev–Trinajstić information content (AvgIpc) is 2.05. The van der Waals surface area contributed by atoms with Crippen LogP contribution in [-0.4, -0.2) is 6.36 Å². The van der Waals surface area contributed by atoms with Gasteiger partial charge in [0.15, 0.2) is 0 Å². The number of rotatable bonds is 2. The normalized spacial score (nSPS) is 13.7. The summed E-state index contributed by atoms with van der Waals surface area (Å²) in [6, 6.07) is 4.13. The monoisotopic (exact) mass is 346 g/mol. The van der Waals surface area contributed by atoms with Gasteiger partial charge in [-0.1, -0.05) is 31.9 Å². The maximum atomic E-state index is 11.9. The molecule has 0 bridgehead atoms. The van der Waals surface area contributed by atoms with Crippen LogP contribution in [0.3, 0.4) is 0 Å².